The average Bonchev–Trinajstić information content (AvgIpc) is 3.17. The zero-order valence-corrected chi connectivity index (χ0v) is 17.5. The van der Waals surface area contributed by atoms with Gasteiger partial charge in [-0.2, -0.15) is 0 Å². The van der Waals surface area contributed by atoms with Gasteiger partial charge in [0.05, 0.1) is 5.75 Å². The van der Waals surface area contributed by atoms with Gasteiger partial charge in [0.25, 0.3) is 5.22 Å². The zero-order chi connectivity index (χ0) is 20.1. The van der Waals surface area contributed by atoms with Crippen LogP contribution in [-0.2, 0) is 4.79 Å². The summed E-state index contributed by atoms with van der Waals surface area (Å²) in [5.41, 5.74) is 5.29. The SMILES string of the molecule is CC[C@H](C)c1ccccc1NC(=O)CSc1nnc(-c2ccc(C)c(C)c2)o1. The van der Waals surface area contributed by atoms with Crippen molar-refractivity contribution in [1.82, 2.24) is 10.2 Å². The Bertz CT molecular complexity index is 968. The summed E-state index contributed by atoms with van der Waals surface area (Å²) in [7, 11) is 0. The molecule has 0 aliphatic heterocycles. The van der Waals surface area contributed by atoms with E-state index in [1.165, 1.54) is 22.9 Å². The van der Waals surface area contributed by atoms with Crippen LogP contribution in [0.3, 0.4) is 0 Å². The fourth-order valence-corrected chi connectivity index (χ4v) is 3.40. The molecule has 0 radical (unpaired) electrons. The highest BCUT2D eigenvalue weighted by Crippen LogP contribution is 2.28. The molecule has 0 aliphatic carbocycles. The molecule has 0 saturated heterocycles. The van der Waals surface area contributed by atoms with Crippen molar-refractivity contribution >= 4 is 23.4 Å². The summed E-state index contributed by atoms with van der Waals surface area (Å²) >= 11 is 1.24. The number of hydrogen-bond acceptors (Lipinski definition) is 5. The minimum Gasteiger partial charge on any atom is -0.411 e. The van der Waals surface area contributed by atoms with E-state index in [1.807, 2.05) is 43.3 Å². The molecule has 6 heteroatoms. The van der Waals surface area contributed by atoms with Crippen molar-refractivity contribution in [3.05, 3.63) is 59.2 Å². The van der Waals surface area contributed by atoms with Gasteiger partial charge in [-0.25, -0.2) is 0 Å². The van der Waals surface area contributed by atoms with Crippen molar-refractivity contribution in [3.8, 4) is 11.5 Å². The van der Waals surface area contributed by atoms with Crippen LogP contribution in [-0.4, -0.2) is 21.9 Å². The molecule has 28 heavy (non-hydrogen) atoms. The quantitative estimate of drug-likeness (QED) is 0.528. The number of carbonyl (C=O) groups excluding carboxylic acids is 1. The van der Waals surface area contributed by atoms with Gasteiger partial charge < -0.3 is 9.73 Å². The number of nitrogens with zero attached hydrogens (tertiary/aromatic N) is 2. The Morgan fingerprint density at radius 3 is 2.68 bits per heavy atom. The molecular weight excluding hydrogens is 370 g/mol. The highest BCUT2D eigenvalue weighted by molar-refractivity contribution is 7.99. The number of carbonyl (C=O) groups is 1. The summed E-state index contributed by atoms with van der Waals surface area (Å²) in [4.78, 5) is 12.4. The Labute approximate surface area is 170 Å². The monoisotopic (exact) mass is 395 g/mol. The van der Waals surface area contributed by atoms with Gasteiger partial charge in [-0.05, 0) is 61.1 Å². The van der Waals surface area contributed by atoms with Gasteiger partial charge in [0, 0.05) is 11.3 Å². The fourth-order valence-electron chi connectivity index (χ4n) is 2.83. The Kier molecular flexibility index (Phi) is 6.52. The van der Waals surface area contributed by atoms with Crippen molar-refractivity contribution in [2.75, 3.05) is 11.1 Å². The van der Waals surface area contributed by atoms with Crippen molar-refractivity contribution < 1.29 is 9.21 Å². The van der Waals surface area contributed by atoms with Crippen LogP contribution in [0.25, 0.3) is 11.5 Å². The van der Waals surface area contributed by atoms with Crippen molar-refractivity contribution in [3.63, 3.8) is 0 Å². The molecule has 1 heterocycles. The van der Waals surface area contributed by atoms with Crippen LogP contribution in [0.1, 0.15) is 42.9 Å². The van der Waals surface area contributed by atoms with Crippen LogP contribution < -0.4 is 5.32 Å². The highest BCUT2D eigenvalue weighted by atomic mass is 32.2. The summed E-state index contributed by atoms with van der Waals surface area (Å²) < 4.78 is 5.71. The first-order valence-electron chi connectivity index (χ1n) is 9.40. The van der Waals surface area contributed by atoms with Crippen LogP contribution in [0.15, 0.2) is 52.1 Å². The molecule has 0 aliphatic rings. The standard InChI is InChI=1S/C22H25N3O2S/c1-5-14(2)18-8-6-7-9-19(18)23-20(26)13-28-22-25-24-21(27-22)17-11-10-15(3)16(4)12-17/h6-12,14H,5,13H2,1-4H3,(H,23,26)/t14-/m0/s1. The number of rotatable bonds is 7. The molecule has 1 amide bonds. The van der Waals surface area contributed by atoms with E-state index in [1.54, 1.807) is 0 Å². The minimum absolute atomic E-state index is 0.0910. The van der Waals surface area contributed by atoms with E-state index in [0.29, 0.717) is 17.0 Å². The molecule has 0 bridgehead atoms. The fraction of sp³-hybridized carbons (Fsp3) is 0.318. The lowest BCUT2D eigenvalue weighted by molar-refractivity contribution is -0.113. The third-order valence-corrected chi connectivity index (χ3v) is 5.68. The molecule has 1 aromatic heterocycles. The Balaban J connectivity index is 1.61. The number of hydrogen-bond donors (Lipinski definition) is 1. The zero-order valence-electron chi connectivity index (χ0n) is 16.7. The van der Waals surface area contributed by atoms with Crippen LogP contribution >= 0.6 is 11.8 Å². The molecule has 3 rings (SSSR count). The van der Waals surface area contributed by atoms with Crippen LogP contribution in [0.2, 0.25) is 0 Å². The maximum Gasteiger partial charge on any atom is 0.277 e. The molecule has 0 unspecified atom stereocenters. The Hall–Kier alpha value is -2.60. The second-order valence-electron chi connectivity index (χ2n) is 6.91. The maximum atomic E-state index is 12.4. The van der Waals surface area contributed by atoms with Crippen molar-refractivity contribution in [1.29, 1.82) is 0 Å². The average molecular weight is 396 g/mol. The predicted molar refractivity (Wildman–Crippen MR) is 114 cm³/mol. The number of thioether (sulfide) groups is 1. The summed E-state index contributed by atoms with van der Waals surface area (Å²) in [6, 6.07) is 13.9. The second-order valence-corrected chi connectivity index (χ2v) is 7.83. The normalized spacial score (nSPS) is 12.0. The first kappa shape index (κ1) is 20.1. The molecule has 5 nitrogen and oxygen atoms in total. The van der Waals surface area contributed by atoms with Crippen molar-refractivity contribution in [2.24, 2.45) is 0 Å². The van der Waals surface area contributed by atoms with Gasteiger partial charge in [-0.15, -0.1) is 10.2 Å². The van der Waals surface area contributed by atoms with Gasteiger partial charge in [0.15, 0.2) is 0 Å². The molecule has 3 aromatic rings. The van der Waals surface area contributed by atoms with E-state index in [2.05, 4.69) is 42.4 Å². The van der Waals surface area contributed by atoms with Gasteiger partial charge >= 0.3 is 0 Å². The van der Waals surface area contributed by atoms with Gasteiger partial charge in [-0.1, -0.05) is 49.9 Å². The topological polar surface area (TPSA) is 68.0 Å². The van der Waals surface area contributed by atoms with Gasteiger partial charge in [0.2, 0.25) is 11.8 Å². The lowest BCUT2D eigenvalue weighted by Gasteiger charge is -2.15. The van der Waals surface area contributed by atoms with Gasteiger partial charge in [0.1, 0.15) is 0 Å². The molecule has 2 aromatic carbocycles. The smallest absolute Gasteiger partial charge is 0.277 e. The van der Waals surface area contributed by atoms with Crippen LogP contribution in [0.4, 0.5) is 5.69 Å². The lowest BCUT2D eigenvalue weighted by atomic mass is 9.97. The summed E-state index contributed by atoms with van der Waals surface area (Å²) in [5.74, 6) is 0.976. The molecular formula is C22H25N3O2S. The van der Waals surface area contributed by atoms with E-state index in [4.69, 9.17) is 4.42 Å². The molecule has 0 fully saturated rings. The lowest BCUT2D eigenvalue weighted by Crippen LogP contribution is -2.15. The second kappa shape index (κ2) is 9.06. The minimum atomic E-state index is -0.0910. The van der Waals surface area contributed by atoms with E-state index < -0.39 is 0 Å². The van der Waals surface area contributed by atoms with Crippen LogP contribution in [0, 0.1) is 13.8 Å². The largest absolute Gasteiger partial charge is 0.411 e. The summed E-state index contributed by atoms with van der Waals surface area (Å²) in [6.45, 7) is 8.41. The third kappa shape index (κ3) is 4.81. The van der Waals surface area contributed by atoms with Crippen LogP contribution in [0.5, 0.6) is 0 Å². The number of anilines is 1. The first-order chi connectivity index (χ1) is 13.5. The number of para-hydroxylation sites is 1. The molecule has 0 spiro atoms. The molecule has 0 saturated carbocycles. The maximum absolute atomic E-state index is 12.4. The summed E-state index contributed by atoms with van der Waals surface area (Å²) in [6.07, 6.45) is 1.02. The number of aromatic nitrogens is 2. The Morgan fingerprint density at radius 2 is 1.93 bits per heavy atom. The van der Waals surface area contributed by atoms with Crippen molar-refractivity contribution in [2.45, 2.75) is 45.3 Å². The molecule has 1 N–H and O–H groups in total. The highest BCUT2D eigenvalue weighted by Gasteiger charge is 2.14. The predicted octanol–water partition coefficient (Wildman–Crippen LogP) is 5.60. The molecule has 146 valence electrons. The first-order valence-corrected chi connectivity index (χ1v) is 10.4. The van der Waals surface area contributed by atoms with Gasteiger partial charge in [-0.3, -0.25) is 4.79 Å². The van der Waals surface area contributed by atoms with E-state index in [9.17, 15) is 4.79 Å². The van der Waals surface area contributed by atoms with E-state index >= 15 is 0 Å². The molecule has 1 atom stereocenters. The summed E-state index contributed by atoms with van der Waals surface area (Å²) in [5, 5.41) is 11.5. The van der Waals surface area contributed by atoms with E-state index in [-0.39, 0.29) is 11.7 Å². The van der Waals surface area contributed by atoms with E-state index in [0.717, 1.165) is 23.2 Å². The third-order valence-electron chi connectivity index (χ3n) is 4.87. The Morgan fingerprint density at radius 1 is 1.14 bits per heavy atom. The number of benzene rings is 2. The number of nitrogens with one attached hydrogen (secondary N) is 1. The number of amides is 1. The number of aryl methyl sites for hydroxylation is 2.